The number of benzene rings is 1. The number of hydrogen-bond acceptors (Lipinski definition) is 4. The van der Waals surface area contributed by atoms with Gasteiger partial charge in [0.2, 0.25) is 0 Å². The fraction of sp³-hybridized carbons (Fsp3) is 0.450. The number of carbonyl (C=O) groups excluding carboxylic acids is 1. The Hall–Kier alpha value is -2.65. The molecule has 6 heteroatoms. The van der Waals surface area contributed by atoms with Gasteiger partial charge in [-0.05, 0) is 44.7 Å². The Balaban J connectivity index is 1.79. The lowest BCUT2D eigenvalue weighted by molar-refractivity contribution is 0.0910. The van der Waals surface area contributed by atoms with Gasteiger partial charge in [-0.2, -0.15) is 10.4 Å². The van der Waals surface area contributed by atoms with Crippen LogP contribution in [0.5, 0.6) is 0 Å². The minimum Gasteiger partial charge on any atom is -0.345 e. The predicted molar refractivity (Wildman–Crippen MR) is 98.9 cm³/mol. The fourth-order valence-corrected chi connectivity index (χ4v) is 3.37. The predicted octanol–water partition coefficient (Wildman–Crippen LogP) is 2.58. The Kier molecular flexibility index (Phi) is 4.25. The Labute approximate surface area is 153 Å². The highest BCUT2D eigenvalue weighted by Crippen LogP contribution is 2.46. The standard InChI is InChI=1S/C20H23N5O/c1-12(2)25-19(20(26)23-16-10-22-11-16)17(14-7-8-14)18(24-25)15-5-3-13(9-21)4-6-15/h3-6,12,14,16,22H,7-8,10-11H2,1-2H3,(H,23,26). The molecule has 0 unspecified atom stereocenters. The number of nitrogens with one attached hydrogen (secondary N) is 2. The molecular weight excluding hydrogens is 326 g/mol. The van der Waals surface area contributed by atoms with Crippen LogP contribution in [0.1, 0.15) is 60.3 Å². The van der Waals surface area contributed by atoms with E-state index in [-0.39, 0.29) is 18.0 Å². The van der Waals surface area contributed by atoms with E-state index in [9.17, 15) is 4.79 Å². The molecule has 6 nitrogen and oxygen atoms in total. The Morgan fingerprint density at radius 1 is 1.31 bits per heavy atom. The van der Waals surface area contributed by atoms with E-state index in [2.05, 4.69) is 16.7 Å². The highest BCUT2D eigenvalue weighted by Gasteiger charge is 2.36. The van der Waals surface area contributed by atoms with Crippen LogP contribution in [-0.2, 0) is 0 Å². The van der Waals surface area contributed by atoms with Gasteiger partial charge in [0.25, 0.3) is 5.91 Å². The Bertz CT molecular complexity index is 867. The van der Waals surface area contributed by atoms with Gasteiger partial charge in [-0.3, -0.25) is 9.48 Å². The smallest absolute Gasteiger partial charge is 0.270 e. The summed E-state index contributed by atoms with van der Waals surface area (Å²) in [5.41, 5.74) is 4.23. The highest BCUT2D eigenvalue weighted by atomic mass is 16.2. The average molecular weight is 349 g/mol. The van der Waals surface area contributed by atoms with Crippen molar-refractivity contribution in [2.75, 3.05) is 13.1 Å². The molecule has 2 N–H and O–H groups in total. The van der Waals surface area contributed by atoms with Crippen molar-refractivity contribution < 1.29 is 4.79 Å². The summed E-state index contributed by atoms with van der Waals surface area (Å²) in [5.74, 6) is 0.368. The second-order valence-electron chi connectivity index (χ2n) is 7.44. The summed E-state index contributed by atoms with van der Waals surface area (Å²) in [4.78, 5) is 13.0. The SMILES string of the molecule is CC(C)n1nc(-c2ccc(C#N)cc2)c(C2CC2)c1C(=O)NC1CNC1. The third-order valence-corrected chi connectivity index (χ3v) is 5.04. The Morgan fingerprint density at radius 2 is 2.00 bits per heavy atom. The number of nitrogens with zero attached hydrogens (tertiary/aromatic N) is 3. The third kappa shape index (κ3) is 2.99. The molecule has 2 heterocycles. The zero-order chi connectivity index (χ0) is 18.3. The molecule has 0 atom stereocenters. The largest absolute Gasteiger partial charge is 0.345 e. The first-order chi connectivity index (χ1) is 12.6. The lowest BCUT2D eigenvalue weighted by Gasteiger charge is -2.28. The first-order valence-electron chi connectivity index (χ1n) is 9.23. The summed E-state index contributed by atoms with van der Waals surface area (Å²) in [5, 5.41) is 20.2. The monoisotopic (exact) mass is 349 g/mol. The molecule has 1 amide bonds. The van der Waals surface area contributed by atoms with Crippen LogP contribution in [0.4, 0.5) is 0 Å². The van der Waals surface area contributed by atoms with Crippen LogP contribution in [0.3, 0.4) is 0 Å². The summed E-state index contributed by atoms with van der Waals surface area (Å²) in [6.45, 7) is 5.74. The summed E-state index contributed by atoms with van der Waals surface area (Å²) in [6, 6.07) is 9.90. The highest BCUT2D eigenvalue weighted by molar-refractivity contribution is 5.96. The molecule has 1 saturated carbocycles. The van der Waals surface area contributed by atoms with Crippen molar-refractivity contribution >= 4 is 5.91 Å². The molecule has 4 rings (SSSR count). The van der Waals surface area contributed by atoms with Gasteiger partial charge in [-0.25, -0.2) is 0 Å². The summed E-state index contributed by atoms with van der Waals surface area (Å²) < 4.78 is 1.86. The zero-order valence-corrected chi connectivity index (χ0v) is 15.1. The summed E-state index contributed by atoms with van der Waals surface area (Å²) in [7, 11) is 0. The van der Waals surface area contributed by atoms with Crippen molar-refractivity contribution in [2.45, 2.75) is 44.7 Å². The normalized spacial score (nSPS) is 17.0. The summed E-state index contributed by atoms with van der Waals surface area (Å²) in [6.07, 6.45) is 2.19. The molecule has 1 saturated heterocycles. The van der Waals surface area contributed by atoms with Gasteiger partial charge in [0, 0.05) is 30.3 Å². The van der Waals surface area contributed by atoms with E-state index in [1.165, 1.54) is 0 Å². The number of carbonyl (C=O) groups is 1. The van der Waals surface area contributed by atoms with Crippen molar-refractivity contribution in [3.63, 3.8) is 0 Å². The first kappa shape index (κ1) is 16.8. The number of rotatable bonds is 5. The van der Waals surface area contributed by atoms with E-state index < -0.39 is 0 Å². The molecule has 1 aliphatic heterocycles. The van der Waals surface area contributed by atoms with Crippen LogP contribution in [0.25, 0.3) is 11.3 Å². The van der Waals surface area contributed by atoms with Crippen molar-refractivity contribution in [3.05, 3.63) is 41.1 Å². The van der Waals surface area contributed by atoms with Crippen LogP contribution in [0, 0.1) is 11.3 Å². The molecule has 1 aromatic carbocycles. The molecule has 0 bridgehead atoms. The first-order valence-corrected chi connectivity index (χ1v) is 9.23. The molecule has 0 spiro atoms. The molecule has 2 aliphatic rings. The minimum atomic E-state index is -0.0282. The number of aromatic nitrogens is 2. The lowest BCUT2D eigenvalue weighted by Crippen LogP contribution is -2.57. The molecule has 26 heavy (non-hydrogen) atoms. The number of nitriles is 1. The van der Waals surface area contributed by atoms with E-state index >= 15 is 0 Å². The Morgan fingerprint density at radius 3 is 2.50 bits per heavy atom. The van der Waals surface area contributed by atoms with Gasteiger partial charge >= 0.3 is 0 Å². The van der Waals surface area contributed by atoms with E-state index in [1.54, 1.807) is 12.1 Å². The van der Waals surface area contributed by atoms with Crippen LogP contribution in [-0.4, -0.2) is 34.8 Å². The van der Waals surface area contributed by atoms with Gasteiger partial charge in [0.05, 0.1) is 23.4 Å². The van der Waals surface area contributed by atoms with Crippen LogP contribution >= 0.6 is 0 Å². The number of amides is 1. The molecule has 0 radical (unpaired) electrons. The van der Waals surface area contributed by atoms with Crippen molar-refractivity contribution in [3.8, 4) is 17.3 Å². The van der Waals surface area contributed by atoms with Crippen molar-refractivity contribution in [1.29, 1.82) is 5.26 Å². The lowest BCUT2D eigenvalue weighted by atomic mass is 10.0. The maximum Gasteiger partial charge on any atom is 0.270 e. The molecule has 1 aliphatic carbocycles. The second-order valence-corrected chi connectivity index (χ2v) is 7.44. The third-order valence-electron chi connectivity index (χ3n) is 5.04. The topological polar surface area (TPSA) is 82.7 Å². The van der Waals surface area contributed by atoms with E-state index in [4.69, 9.17) is 10.4 Å². The van der Waals surface area contributed by atoms with Crippen LogP contribution in [0.2, 0.25) is 0 Å². The van der Waals surface area contributed by atoms with Crippen LogP contribution in [0.15, 0.2) is 24.3 Å². The zero-order valence-electron chi connectivity index (χ0n) is 15.1. The molecule has 1 aromatic heterocycles. The molecule has 134 valence electrons. The maximum absolute atomic E-state index is 13.0. The van der Waals surface area contributed by atoms with Crippen molar-refractivity contribution in [2.24, 2.45) is 0 Å². The van der Waals surface area contributed by atoms with E-state index in [0.717, 1.165) is 42.8 Å². The fourth-order valence-electron chi connectivity index (χ4n) is 3.37. The van der Waals surface area contributed by atoms with Gasteiger partial charge in [0.15, 0.2) is 0 Å². The van der Waals surface area contributed by atoms with Gasteiger partial charge in [0.1, 0.15) is 5.69 Å². The second kappa shape index (κ2) is 6.58. The van der Waals surface area contributed by atoms with E-state index in [1.807, 2.05) is 30.7 Å². The summed E-state index contributed by atoms with van der Waals surface area (Å²) >= 11 is 0. The van der Waals surface area contributed by atoms with Crippen LogP contribution < -0.4 is 10.6 Å². The van der Waals surface area contributed by atoms with Gasteiger partial charge in [-0.15, -0.1) is 0 Å². The van der Waals surface area contributed by atoms with Gasteiger partial charge < -0.3 is 10.6 Å². The molecule has 2 aromatic rings. The minimum absolute atomic E-state index is 0.0282. The van der Waals surface area contributed by atoms with E-state index in [0.29, 0.717) is 17.2 Å². The maximum atomic E-state index is 13.0. The van der Waals surface area contributed by atoms with Crippen molar-refractivity contribution in [1.82, 2.24) is 20.4 Å². The number of hydrogen-bond donors (Lipinski definition) is 2. The quantitative estimate of drug-likeness (QED) is 0.869. The van der Waals surface area contributed by atoms with Gasteiger partial charge in [-0.1, -0.05) is 12.1 Å². The molecule has 2 fully saturated rings. The average Bonchev–Trinajstić information content (AvgIpc) is 3.36. The molecular formula is C20H23N5O.